The molecule has 4 aromatic rings. The fraction of sp³-hybridized carbons (Fsp3) is 0.324. The average molecular weight is 678 g/mol. The highest BCUT2D eigenvalue weighted by Crippen LogP contribution is 2.43. The number of aryl methyl sites for hydroxylation is 1. The van der Waals surface area contributed by atoms with Crippen LogP contribution in [-0.4, -0.2) is 73.8 Å². The zero-order valence-corrected chi connectivity index (χ0v) is 26.4. The summed E-state index contributed by atoms with van der Waals surface area (Å²) in [4.78, 5) is 32.7. The quantitative estimate of drug-likeness (QED) is 0.175. The first-order valence-corrected chi connectivity index (χ1v) is 15.6. The van der Waals surface area contributed by atoms with Gasteiger partial charge >= 0.3 is 18.1 Å². The molecule has 2 fully saturated rings. The fourth-order valence-corrected chi connectivity index (χ4v) is 6.45. The van der Waals surface area contributed by atoms with Crippen LogP contribution in [0.2, 0.25) is 0 Å². The van der Waals surface area contributed by atoms with Crippen molar-refractivity contribution < 1.29 is 37.7 Å². The van der Waals surface area contributed by atoms with E-state index in [-0.39, 0.29) is 28.5 Å². The first-order chi connectivity index (χ1) is 23.3. The van der Waals surface area contributed by atoms with Crippen LogP contribution < -0.4 is 20.7 Å². The van der Waals surface area contributed by atoms with Gasteiger partial charge in [0.15, 0.2) is 0 Å². The van der Waals surface area contributed by atoms with Crippen molar-refractivity contribution >= 4 is 29.8 Å². The van der Waals surface area contributed by atoms with Crippen molar-refractivity contribution in [2.75, 3.05) is 30.3 Å². The SMILES string of the molecule is Cc1ccn(-c2ccc(-c3cccc(/C=C/C(=O)O)c3)cc2[C@@H](Oc2cc(N3CCC4(CC3)CN[C@H](C(=O)O)C4)nc(N)n2)C(F)(F)F)n1. The summed E-state index contributed by atoms with van der Waals surface area (Å²) < 4.78 is 52.1. The second-order valence-corrected chi connectivity index (χ2v) is 12.4. The van der Waals surface area contributed by atoms with Gasteiger partial charge in [0.05, 0.1) is 11.4 Å². The summed E-state index contributed by atoms with van der Waals surface area (Å²) in [6.07, 6.45) is -1.63. The first-order valence-electron chi connectivity index (χ1n) is 15.6. The second-order valence-electron chi connectivity index (χ2n) is 12.4. The number of halogens is 3. The number of alkyl halides is 3. The van der Waals surface area contributed by atoms with E-state index in [0.717, 1.165) is 6.08 Å². The summed E-state index contributed by atoms with van der Waals surface area (Å²) >= 11 is 0. The Balaban J connectivity index is 1.33. The van der Waals surface area contributed by atoms with Crippen LogP contribution in [-0.2, 0) is 9.59 Å². The molecule has 0 amide bonds. The van der Waals surface area contributed by atoms with E-state index in [1.165, 1.54) is 29.0 Å². The molecule has 2 aliphatic rings. The molecule has 12 nitrogen and oxygen atoms in total. The number of nitrogens with two attached hydrogens (primary N) is 1. The standard InChI is InChI=1S/C34H34F3N7O5/c1-20-9-12-44(42-20)26-7-6-23(22-4-2-3-21(15-22)5-8-29(45)46)16-24(26)30(34(35,36)37)49-28-17-27(40-32(38)41-28)43-13-10-33(11-14-43)18-25(31(47)48)39-19-33/h2-9,12,15-17,25,30,39H,10-11,13-14,18-19H2,1H3,(H,45,46)(H,47,48)(H2,38,40,41)/b8-5+/t25-,30+/m0/s1. The monoisotopic (exact) mass is 677 g/mol. The molecular formula is C34H34F3N7O5. The number of hydrogen-bond donors (Lipinski definition) is 4. The molecule has 5 N–H and O–H groups in total. The van der Waals surface area contributed by atoms with Crippen molar-refractivity contribution in [3.63, 3.8) is 0 Å². The number of carbonyl (C=O) groups is 2. The molecule has 4 heterocycles. The first kappa shape index (κ1) is 33.5. The highest BCUT2D eigenvalue weighted by Gasteiger charge is 2.46. The number of nitrogens with one attached hydrogen (secondary N) is 1. The molecule has 0 aliphatic carbocycles. The summed E-state index contributed by atoms with van der Waals surface area (Å²) in [6, 6.07) is 13.7. The molecule has 0 bridgehead atoms. The van der Waals surface area contributed by atoms with Gasteiger partial charge in [0.25, 0.3) is 0 Å². The van der Waals surface area contributed by atoms with E-state index in [9.17, 15) is 14.7 Å². The van der Waals surface area contributed by atoms with E-state index in [1.807, 2.05) is 4.90 Å². The van der Waals surface area contributed by atoms with E-state index in [1.54, 1.807) is 49.5 Å². The summed E-state index contributed by atoms with van der Waals surface area (Å²) in [7, 11) is 0. The summed E-state index contributed by atoms with van der Waals surface area (Å²) in [6.45, 7) is 3.29. The van der Waals surface area contributed by atoms with E-state index in [2.05, 4.69) is 20.4 Å². The maximum Gasteiger partial charge on any atom is 0.429 e. The molecular weight excluding hydrogens is 643 g/mol. The molecule has 1 spiro atoms. The number of piperidine rings is 1. The lowest BCUT2D eigenvalue weighted by Gasteiger charge is -2.39. The number of hydrogen-bond acceptors (Lipinski definition) is 9. The number of benzene rings is 2. The lowest BCUT2D eigenvalue weighted by molar-refractivity contribution is -0.198. The molecule has 2 atom stereocenters. The molecule has 2 aromatic heterocycles. The van der Waals surface area contributed by atoms with E-state index >= 15 is 13.2 Å². The maximum absolute atomic E-state index is 15.0. The van der Waals surface area contributed by atoms with Gasteiger partial charge in [-0.05, 0) is 78.6 Å². The van der Waals surface area contributed by atoms with E-state index in [0.29, 0.717) is 67.1 Å². The van der Waals surface area contributed by atoms with Crippen LogP contribution in [0.1, 0.15) is 42.2 Å². The van der Waals surface area contributed by atoms with Gasteiger partial charge in [0, 0.05) is 43.5 Å². The van der Waals surface area contributed by atoms with Crippen LogP contribution in [0.4, 0.5) is 24.9 Å². The minimum atomic E-state index is -4.91. The van der Waals surface area contributed by atoms with Crippen LogP contribution in [0.15, 0.2) is 66.9 Å². The van der Waals surface area contributed by atoms with Gasteiger partial charge in [-0.15, -0.1) is 0 Å². The Morgan fingerprint density at radius 3 is 2.49 bits per heavy atom. The Morgan fingerprint density at radius 1 is 1.08 bits per heavy atom. The number of carboxylic acids is 2. The van der Waals surface area contributed by atoms with Crippen LogP contribution in [0, 0.1) is 12.3 Å². The van der Waals surface area contributed by atoms with Crippen molar-refractivity contribution in [1.82, 2.24) is 25.1 Å². The number of nitrogens with zero attached hydrogens (tertiary/aromatic N) is 5. The van der Waals surface area contributed by atoms with Gasteiger partial charge in [-0.1, -0.05) is 24.3 Å². The number of rotatable bonds is 9. The molecule has 49 heavy (non-hydrogen) atoms. The zero-order chi connectivity index (χ0) is 34.9. The summed E-state index contributed by atoms with van der Waals surface area (Å²) in [5.41, 5.74) is 7.85. The van der Waals surface area contributed by atoms with E-state index in [4.69, 9.17) is 15.6 Å². The summed E-state index contributed by atoms with van der Waals surface area (Å²) in [5.74, 6) is -2.34. The Kier molecular flexibility index (Phi) is 9.03. The number of aliphatic carboxylic acids is 2. The van der Waals surface area contributed by atoms with Crippen molar-refractivity contribution in [3.8, 4) is 22.7 Å². The number of ether oxygens (including phenoxy) is 1. The molecule has 256 valence electrons. The molecule has 0 unspecified atom stereocenters. The third-order valence-electron chi connectivity index (χ3n) is 8.97. The predicted molar refractivity (Wildman–Crippen MR) is 174 cm³/mol. The molecule has 2 saturated heterocycles. The molecule has 2 aliphatic heterocycles. The Labute approximate surface area is 279 Å². The number of nitrogen functional groups attached to an aromatic ring is 1. The molecule has 0 radical (unpaired) electrons. The fourth-order valence-electron chi connectivity index (χ4n) is 6.45. The molecule has 6 rings (SSSR count). The minimum absolute atomic E-state index is 0.134. The van der Waals surface area contributed by atoms with Gasteiger partial charge in [0.1, 0.15) is 11.9 Å². The smallest absolute Gasteiger partial charge is 0.429 e. The van der Waals surface area contributed by atoms with Crippen LogP contribution in [0.5, 0.6) is 5.88 Å². The second kappa shape index (κ2) is 13.2. The minimum Gasteiger partial charge on any atom is -0.480 e. The van der Waals surface area contributed by atoms with Crippen LogP contribution >= 0.6 is 0 Å². The highest BCUT2D eigenvalue weighted by atomic mass is 19.4. The van der Waals surface area contributed by atoms with Crippen molar-refractivity contribution in [3.05, 3.63) is 83.7 Å². The third kappa shape index (κ3) is 7.51. The Hall–Kier alpha value is -5.44. The number of anilines is 2. The summed E-state index contributed by atoms with van der Waals surface area (Å²) in [5, 5.41) is 25.8. The third-order valence-corrected chi connectivity index (χ3v) is 8.97. The average Bonchev–Trinajstić information content (AvgIpc) is 3.68. The van der Waals surface area contributed by atoms with Crippen molar-refractivity contribution in [2.24, 2.45) is 5.41 Å². The lowest BCUT2D eigenvalue weighted by atomic mass is 9.76. The van der Waals surface area contributed by atoms with E-state index < -0.39 is 30.3 Å². The highest BCUT2D eigenvalue weighted by molar-refractivity contribution is 5.85. The topological polar surface area (TPSA) is 169 Å². The van der Waals surface area contributed by atoms with Gasteiger partial charge in [0.2, 0.25) is 17.9 Å². The largest absolute Gasteiger partial charge is 0.480 e. The zero-order valence-electron chi connectivity index (χ0n) is 26.4. The van der Waals surface area contributed by atoms with Gasteiger partial charge in [-0.3, -0.25) is 4.79 Å². The number of carboxylic acid groups (broad SMARTS) is 2. The Bertz CT molecular complexity index is 1900. The van der Waals surface area contributed by atoms with Gasteiger partial charge in [-0.2, -0.15) is 28.2 Å². The van der Waals surface area contributed by atoms with Gasteiger partial charge in [-0.25, -0.2) is 9.48 Å². The number of aromatic nitrogens is 4. The molecule has 2 aromatic carbocycles. The molecule has 0 saturated carbocycles. The van der Waals surface area contributed by atoms with Crippen molar-refractivity contribution in [2.45, 2.75) is 44.5 Å². The van der Waals surface area contributed by atoms with Crippen molar-refractivity contribution in [1.29, 1.82) is 0 Å². The molecule has 15 heteroatoms. The maximum atomic E-state index is 15.0. The van der Waals surface area contributed by atoms with Crippen LogP contribution in [0.25, 0.3) is 22.9 Å². The lowest BCUT2D eigenvalue weighted by Crippen LogP contribution is -2.41. The van der Waals surface area contributed by atoms with Crippen LogP contribution in [0.3, 0.4) is 0 Å². The Morgan fingerprint density at radius 2 is 1.84 bits per heavy atom. The normalized spacial score (nSPS) is 18.2. The predicted octanol–water partition coefficient (Wildman–Crippen LogP) is 5.03. The van der Waals surface area contributed by atoms with Gasteiger partial charge < -0.3 is 30.9 Å².